The predicted octanol–water partition coefficient (Wildman–Crippen LogP) is 7.68. The number of nitrogens with zero attached hydrogens (tertiary/aromatic N) is 4. The van der Waals surface area contributed by atoms with Crippen LogP contribution in [0.3, 0.4) is 0 Å². The van der Waals surface area contributed by atoms with Crippen molar-refractivity contribution in [3.63, 3.8) is 0 Å². The Hall–Kier alpha value is -2.93. The molecule has 0 saturated carbocycles. The number of rotatable bonds is 7. The Bertz CT molecular complexity index is 1050. The third-order valence-corrected chi connectivity index (χ3v) is 6.07. The van der Waals surface area contributed by atoms with Gasteiger partial charge in [0.2, 0.25) is 0 Å². The molecule has 0 radical (unpaired) electrons. The minimum Gasteiger partial charge on any atom is -0.399 e. The van der Waals surface area contributed by atoms with Crippen molar-refractivity contribution in [3.05, 3.63) is 60.7 Å². The molecule has 4 aromatic rings. The molecule has 1 unspecified atom stereocenters. The lowest BCUT2D eigenvalue weighted by Crippen LogP contribution is -2.20. The van der Waals surface area contributed by atoms with Crippen molar-refractivity contribution in [2.24, 2.45) is 5.92 Å². The first-order valence-electron chi connectivity index (χ1n) is 12.0. The number of benzene rings is 2. The van der Waals surface area contributed by atoms with Crippen LogP contribution in [0, 0.1) is 5.92 Å². The molecule has 0 aliphatic heterocycles. The van der Waals surface area contributed by atoms with Crippen LogP contribution in [-0.2, 0) is 0 Å². The maximum atomic E-state index is 5.87. The topological polar surface area (TPSA) is 81.6 Å². The normalized spacial score (nSPS) is 11.4. The number of nitrogen functional groups attached to an aromatic ring is 1. The number of hydrogen-bond donors (Lipinski definition) is 2. The summed E-state index contributed by atoms with van der Waals surface area (Å²) in [6.07, 6.45) is 6.85. The number of anilines is 3. The van der Waals surface area contributed by atoms with Gasteiger partial charge in [-0.15, -0.1) is 0 Å². The summed E-state index contributed by atoms with van der Waals surface area (Å²) in [6, 6.07) is 14.5. The van der Waals surface area contributed by atoms with E-state index in [9.17, 15) is 0 Å². The molecule has 0 saturated heterocycles. The van der Waals surface area contributed by atoms with E-state index in [0.29, 0.717) is 5.92 Å². The van der Waals surface area contributed by atoms with Crippen molar-refractivity contribution in [1.29, 1.82) is 0 Å². The van der Waals surface area contributed by atoms with E-state index in [1.807, 2.05) is 43.1 Å². The molecule has 0 amide bonds. The van der Waals surface area contributed by atoms with Crippen LogP contribution < -0.4 is 11.1 Å². The summed E-state index contributed by atoms with van der Waals surface area (Å²) in [7, 11) is 0. The quantitative estimate of drug-likeness (QED) is 0.273. The minimum atomic E-state index is 0.192. The molecule has 0 spiro atoms. The van der Waals surface area contributed by atoms with Crippen molar-refractivity contribution < 1.29 is 0 Å². The molecule has 1 atom stereocenters. The maximum absolute atomic E-state index is 5.87. The zero-order valence-corrected chi connectivity index (χ0v) is 21.6. The Balaban J connectivity index is 0.000000714. The second-order valence-corrected chi connectivity index (χ2v) is 8.63. The molecule has 0 fully saturated rings. The number of nitrogens with one attached hydrogen (secondary N) is 1. The lowest BCUT2D eigenvalue weighted by molar-refractivity contribution is 0.332. The van der Waals surface area contributed by atoms with Crippen LogP contribution >= 0.6 is 11.3 Å². The Kier molecular flexibility index (Phi) is 10.8. The molecule has 3 N–H and O–H groups in total. The van der Waals surface area contributed by atoms with Crippen LogP contribution in [0.25, 0.3) is 10.2 Å². The van der Waals surface area contributed by atoms with Crippen molar-refractivity contribution in [3.8, 4) is 0 Å². The molecule has 4 rings (SSSR count). The number of aromatic nitrogens is 4. The summed E-state index contributed by atoms with van der Waals surface area (Å²) in [4.78, 5) is 8.78. The van der Waals surface area contributed by atoms with Gasteiger partial charge in [-0.25, -0.2) is 14.6 Å². The van der Waals surface area contributed by atoms with E-state index >= 15 is 0 Å². The van der Waals surface area contributed by atoms with E-state index in [1.165, 1.54) is 12.0 Å². The standard InChI is InChI=1S/C21H24N6S.C3H8.C2H6/c1-3-14(4-2)20(27-13-23-12-24-27)15-5-8-17(9-6-15)25-21-26-18-10-7-16(22)11-19(18)28-21;1-3-2;1-2/h5-14,20H,3-4,22H2,1-2H3,(H,25,26);3H2,1-2H3;1-2H3. The highest BCUT2D eigenvalue weighted by Crippen LogP contribution is 2.33. The lowest BCUT2D eigenvalue weighted by Gasteiger charge is -2.26. The van der Waals surface area contributed by atoms with Gasteiger partial charge >= 0.3 is 0 Å². The Morgan fingerprint density at radius 3 is 2.24 bits per heavy atom. The fraction of sp³-hybridized carbons (Fsp3) is 0.423. The SMILES string of the molecule is CC.CCC.CCC(CC)C(c1ccc(Nc2nc3ccc(N)cc3s2)cc1)n1cncn1. The molecule has 2 aromatic heterocycles. The molecule has 6 nitrogen and oxygen atoms in total. The fourth-order valence-corrected chi connectivity index (χ4v) is 4.55. The van der Waals surface area contributed by atoms with Crippen molar-refractivity contribution >= 4 is 38.1 Å². The van der Waals surface area contributed by atoms with Gasteiger partial charge in [-0.3, -0.25) is 0 Å². The van der Waals surface area contributed by atoms with Gasteiger partial charge in [-0.2, -0.15) is 5.10 Å². The smallest absolute Gasteiger partial charge is 0.188 e. The molecule has 0 aliphatic carbocycles. The molecule has 178 valence electrons. The molecular formula is C26H38N6S. The van der Waals surface area contributed by atoms with Gasteiger partial charge < -0.3 is 11.1 Å². The van der Waals surface area contributed by atoms with Crippen molar-refractivity contribution in [2.45, 2.75) is 66.8 Å². The number of thiazole rings is 1. The first-order chi connectivity index (χ1) is 16.1. The van der Waals surface area contributed by atoms with Gasteiger partial charge in [0, 0.05) is 11.4 Å². The summed E-state index contributed by atoms with van der Waals surface area (Å²) in [5.74, 6) is 0.509. The molecule has 2 heterocycles. The minimum absolute atomic E-state index is 0.192. The highest BCUT2D eigenvalue weighted by Gasteiger charge is 2.23. The summed E-state index contributed by atoms with van der Waals surface area (Å²) in [5, 5.41) is 8.67. The molecule has 0 aliphatic rings. The van der Waals surface area contributed by atoms with Gasteiger partial charge in [0.05, 0.1) is 16.3 Å². The third kappa shape index (κ3) is 7.02. The van der Waals surface area contributed by atoms with E-state index in [-0.39, 0.29) is 6.04 Å². The van der Waals surface area contributed by atoms with Gasteiger partial charge in [0.1, 0.15) is 12.7 Å². The predicted molar refractivity (Wildman–Crippen MR) is 143 cm³/mol. The first-order valence-corrected chi connectivity index (χ1v) is 12.8. The average molecular weight is 467 g/mol. The van der Waals surface area contributed by atoms with Crippen LogP contribution in [0.1, 0.15) is 72.4 Å². The van der Waals surface area contributed by atoms with Crippen LogP contribution in [-0.4, -0.2) is 19.7 Å². The second-order valence-electron chi connectivity index (χ2n) is 7.60. The largest absolute Gasteiger partial charge is 0.399 e. The monoisotopic (exact) mass is 466 g/mol. The van der Waals surface area contributed by atoms with Crippen molar-refractivity contribution in [1.82, 2.24) is 19.7 Å². The van der Waals surface area contributed by atoms with Crippen LogP contribution in [0.2, 0.25) is 0 Å². The summed E-state index contributed by atoms with van der Waals surface area (Å²) in [6.45, 7) is 12.7. The van der Waals surface area contributed by atoms with Gasteiger partial charge in [-0.05, 0) is 41.8 Å². The molecular weight excluding hydrogens is 428 g/mol. The maximum Gasteiger partial charge on any atom is 0.188 e. The number of fused-ring (bicyclic) bond motifs is 1. The summed E-state index contributed by atoms with van der Waals surface area (Å²) < 4.78 is 3.05. The average Bonchev–Trinajstić information content (AvgIpc) is 3.49. The number of nitrogens with two attached hydrogens (primary N) is 1. The van der Waals surface area contributed by atoms with Crippen LogP contribution in [0.5, 0.6) is 0 Å². The zero-order valence-electron chi connectivity index (χ0n) is 20.7. The van der Waals surface area contributed by atoms with Gasteiger partial charge in [0.25, 0.3) is 0 Å². The fourth-order valence-electron chi connectivity index (χ4n) is 3.62. The lowest BCUT2D eigenvalue weighted by atomic mass is 9.89. The van der Waals surface area contributed by atoms with E-state index in [1.54, 1.807) is 17.7 Å². The van der Waals surface area contributed by atoms with Crippen LogP contribution in [0.15, 0.2) is 55.1 Å². The highest BCUT2D eigenvalue weighted by atomic mass is 32.1. The molecule has 7 heteroatoms. The van der Waals surface area contributed by atoms with E-state index < -0.39 is 0 Å². The molecule has 0 bridgehead atoms. The first kappa shape index (κ1) is 26.3. The molecule has 2 aromatic carbocycles. The highest BCUT2D eigenvalue weighted by molar-refractivity contribution is 7.22. The van der Waals surface area contributed by atoms with E-state index in [2.05, 4.69) is 72.3 Å². The summed E-state index contributed by atoms with van der Waals surface area (Å²) >= 11 is 1.60. The van der Waals surface area contributed by atoms with Crippen molar-refractivity contribution in [2.75, 3.05) is 11.1 Å². The number of hydrogen-bond acceptors (Lipinski definition) is 6. The van der Waals surface area contributed by atoms with E-state index in [4.69, 9.17) is 5.73 Å². The third-order valence-electron chi connectivity index (χ3n) is 5.13. The zero-order chi connectivity index (χ0) is 24.2. The Morgan fingerprint density at radius 1 is 1.00 bits per heavy atom. The van der Waals surface area contributed by atoms with Gasteiger partial charge in [-0.1, -0.05) is 84.3 Å². The Morgan fingerprint density at radius 2 is 1.67 bits per heavy atom. The molecule has 33 heavy (non-hydrogen) atoms. The van der Waals surface area contributed by atoms with Crippen LogP contribution in [0.4, 0.5) is 16.5 Å². The van der Waals surface area contributed by atoms with Gasteiger partial charge in [0.15, 0.2) is 5.13 Å². The van der Waals surface area contributed by atoms with E-state index in [0.717, 1.165) is 39.6 Å². The second kappa shape index (κ2) is 13.6. The Labute approximate surface area is 202 Å². The summed E-state index contributed by atoms with van der Waals surface area (Å²) in [5.41, 5.74) is 9.83.